The number of nitrogens with one attached hydrogen (secondary N) is 1. The molecule has 0 radical (unpaired) electrons. The maximum absolute atomic E-state index is 13.4. The van der Waals surface area contributed by atoms with Crippen molar-refractivity contribution in [3.63, 3.8) is 0 Å². The van der Waals surface area contributed by atoms with Gasteiger partial charge in [0.2, 0.25) is 10.0 Å². The van der Waals surface area contributed by atoms with Gasteiger partial charge in [-0.1, -0.05) is 72.8 Å². The number of amides is 1. The molecule has 1 aliphatic heterocycles. The highest BCUT2D eigenvalue weighted by Gasteiger charge is 2.35. The van der Waals surface area contributed by atoms with E-state index >= 15 is 0 Å². The van der Waals surface area contributed by atoms with E-state index in [1.807, 2.05) is 48.5 Å². The van der Waals surface area contributed by atoms with Gasteiger partial charge in [0.15, 0.2) is 0 Å². The monoisotopic (exact) mass is 478 g/mol. The third kappa shape index (κ3) is 5.48. The van der Waals surface area contributed by atoms with Crippen LogP contribution in [0.4, 0.5) is 5.69 Å². The lowest BCUT2D eigenvalue weighted by molar-refractivity contribution is 0.0487. The van der Waals surface area contributed by atoms with Crippen LogP contribution < -0.4 is 9.62 Å². The van der Waals surface area contributed by atoms with Gasteiger partial charge < -0.3 is 10.1 Å². The third-order valence-electron chi connectivity index (χ3n) is 6.41. The van der Waals surface area contributed by atoms with Crippen LogP contribution in [0.3, 0.4) is 0 Å². The highest BCUT2D eigenvalue weighted by molar-refractivity contribution is 7.92. The number of benzene rings is 3. The molecule has 0 aromatic heterocycles. The number of hydrogen-bond acceptors (Lipinski definition) is 4. The van der Waals surface area contributed by atoms with Gasteiger partial charge in [0.25, 0.3) is 5.91 Å². The van der Waals surface area contributed by atoms with E-state index in [0.717, 1.165) is 24.7 Å². The first kappa shape index (κ1) is 24.0. The lowest BCUT2D eigenvalue weighted by Crippen LogP contribution is -2.45. The summed E-state index contributed by atoms with van der Waals surface area (Å²) in [7, 11) is -3.63. The van der Waals surface area contributed by atoms with E-state index in [1.54, 1.807) is 24.3 Å². The Labute approximate surface area is 201 Å². The van der Waals surface area contributed by atoms with Crippen LogP contribution in [-0.2, 0) is 26.7 Å². The molecule has 0 spiro atoms. The van der Waals surface area contributed by atoms with Gasteiger partial charge in [0, 0.05) is 25.2 Å². The summed E-state index contributed by atoms with van der Waals surface area (Å²) in [5.41, 5.74) is 2.50. The van der Waals surface area contributed by atoms with E-state index in [4.69, 9.17) is 4.74 Å². The second-order valence-electron chi connectivity index (χ2n) is 8.71. The van der Waals surface area contributed by atoms with Crippen molar-refractivity contribution in [2.24, 2.45) is 0 Å². The first-order valence-corrected chi connectivity index (χ1v) is 13.3. The largest absolute Gasteiger partial charge is 0.381 e. The fourth-order valence-corrected chi connectivity index (χ4v) is 5.38. The van der Waals surface area contributed by atoms with E-state index < -0.39 is 10.0 Å². The van der Waals surface area contributed by atoms with Crippen LogP contribution in [0, 0.1) is 0 Å². The Hall–Kier alpha value is -3.16. The average Bonchev–Trinajstić information content (AvgIpc) is 2.87. The van der Waals surface area contributed by atoms with Gasteiger partial charge in [-0.3, -0.25) is 9.10 Å². The number of rotatable bonds is 8. The molecule has 7 heteroatoms. The first-order chi connectivity index (χ1) is 16.4. The molecule has 0 aliphatic carbocycles. The Morgan fingerprint density at radius 3 is 2.15 bits per heavy atom. The number of carbonyl (C=O) groups excluding carboxylic acids is 1. The van der Waals surface area contributed by atoms with Gasteiger partial charge in [-0.05, 0) is 36.1 Å². The molecule has 3 aromatic carbocycles. The van der Waals surface area contributed by atoms with Crippen LogP contribution in [-0.4, -0.2) is 40.3 Å². The van der Waals surface area contributed by atoms with Crippen LogP contribution in [0.2, 0.25) is 0 Å². The molecule has 1 N–H and O–H groups in total. The third-order valence-corrected chi connectivity index (χ3v) is 7.54. The maximum Gasteiger partial charge on any atom is 0.253 e. The molecule has 3 aromatic rings. The molecule has 1 aliphatic rings. The van der Waals surface area contributed by atoms with E-state index in [2.05, 4.69) is 17.4 Å². The summed E-state index contributed by atoms with van der Waals surface area (Å²) in [5.74, 6) is -0.292. The lowest BCUT2D eigenvalue weighted by atomic mass is 9.74. The molecule has 1 amide bonds. The Kier molecular flexibility index (Phi) is 7.34. The standard InChI is InChI=1S/C27H30N2O4S/c1-34(31,32)29(20-22-10-4-2-5-11-22)25-15-9-8-14-24(25)26(30)28-21-27(16-18-33-19-17-27)23-12-6-3-7-13-23/h2-15H,16-21H2,1H3,(H,28,30). The predicted molar refractivity (Wildman–Crippen MR) is 134 cm³/mol. The molecule has 4 rings (SSSR count). The van der Waals surface area contributed by atoms with Crippen molar-refractivity contribution in [3.8, 4) is 0 Å². The summed E-state index contributed by atoms with van der Waals surface area (Å²) < 4.78 is 32.4. The molecular formula is C27H30N2O4S. The number of para-hydroxylation sites is 1. The minimum absolute atomic E-state index is 0.148. The Morgan fingerprint density at radius 2 is 1.50 bits per heavy atom. The van der Waals surface area contributed by atoms with Gasteiger partial charge in [-0.2, -0.15) is 0 Å². The molecule has 34 heavy (non-hydrogen) atoms. The Balaban J connectivity index is 1.60. The fourth-order valence-electron chi connectivity index (χ4n) is 4.48. The summed E-state index contributed by atoms with van der Waals surface area (Å²) in [4.78, 5) is 13.4. The van der Waals surface area contributed by atoms with E-state index in [9.17, 15) is 13.2 Å². The zero-order valence-corrected chi connectivity index (χ0v) is 20.1. The van der Waals surface area contributed by atoms with Crippen molar-refractivity contribution in [1.29, 1.82) is 0 Å². The van der Waals surface area contributed by atoms with E-state index in [1.165, 1.54) is 9.87 Å². The zero-order valence-electron chi connectivity index (χ0n) is 19.3. The average molecular weight is 479 g/mol. The Morgan fingerprint density at radius 1 is 0.912 bits per heavy atom. The van der Waals surface area contributed by atoms with Gasteiger partial charge in [0.05, 0.1) is 24.1 Å². The minimum atomic E-state index is -3.63. The van der Waals surface area contributed by atoms with Gasteiger partial charge >= 0.3 is 0 Å². The molecule has 1 heterocycles. The van der Waals surface area contributed by atoms with Gasteiger partial charge in [-0.15, -0.1) is 0 Å². The summed E-state index contributed by atoms with van der Waals surface area (Å²) in [6.45, 7) is 1.88. The number of nitrogens with zero attached hydrogens (tertiary/aromatic N) is 1. The van der Waals surface area contributed by atoms with Gasteiger partial charge in [-0.25, -0.2) is 8.42 Å². The first-order valence-electron chi connectivity index (χ1n) is 11.4. The second kappa shape index (κ2) is 10.4. The van der Waals surface area contributed by atoms with E-state index in [-0.39, 0.29) is 17.9 Å². The molecule has 0 unspecified atom stereocenters. The lowest BCUT2D eigenvalue weighted by Gasteiger charge is -2.38. The minimum Gasteiger partial charge on any atom is -0.381 e. The van der Waals surface area contributed by atoms with Crippen LogP contribution in [0.15, 0.2) is 84.9 Å². The van der Waals surface area contributed by atoms with Crippen molar-refractivity contribution in [2.75, 3.05) is 30.3 Å². The SMILES string of the molecule is CS(=O)(=O)N(Cc1ccccc1)c1ccccc1C(=O)NCC1(c2ccccc2)CCOCC1. The number of sulfonamides is 1. The molecular weight excluding hydrogens is 448 g/mol. The number of hydrogen-bond donors (Lipinski definition) is 1. The normalized spacial score (nSPS) is 15.4. The van der Waals surface area contributed by atoms with Crippen molar-refractivity contribution in [1.82, 2.24) is 5.32 Å². The van der Waals surface area contributed by atoms with E-state index in [0.29, 0.717) is 31.0 Å². The van der Waals surface area contributed by atoms with Crippen LogP contribution in [0.25, 0.3) is 0 Å². The molecule has 0 atom stereocenters. The van der Waals surface area contributed by atoms with Crippen LogP contribution >= 0.6 is 0 Å². The zero-order chi connectivity index (χ0) is 24.0. The van der Waals surface area contributed by atoms with Gasteiger partial charge in [0.1, 0.15) is 0 Å². The predicted octanol–water partition coefficient (Wildman–Crippen LogP) is 4.13. The summed E-state index contributed by atoms with van der Waals surface area (Å²) >= 11 is 0. The van der Waals surface area contributed by atoms with Crippen molar-refractivity contribution in [2.45, 2.75) is 24.8 Å². The molecule has 0 saturated carbocycles. The van der Waals surface area contributed by atoms with Crippen LogP contribution in [0.5, 0.6) is 0 Å². The van der Waals surface area contributed by atoms with Crippen molar-refractivity contribution < 1.29 is 17.9 Å². The quantitative estimate of drug-likeness (QED) is 0.528. The number of carbonyl (C=O) groups is 1. The summed E-state index contributed by atoms with van der Waals surface area (Å²) in [6, 6.07) is 26.4. The fraction of sp³-hybridized carbons (Fsp3) is 0.296. The molecule has 0 bridgehead atoms. The Bertz CT molecular complexity index is 1210. The smallest absolute Gasteiger partial charge is 0.253 e. The maximum atomic E-state index is 13.4. The number of anilines is 1. The topological polar surface area (TPSA) is 75.7 Å². The summed E-state index contributed by atoms with van der Waals surface area (Å²) in [5, 5.41) is 3.10. The van der Waals surface area contributed by atoms with Crippen LogP contribution in [0.1, 0.15) is 34.3 Å². The number of ether oxygens (including phenoxy) is 1. The highest BCUT2D eigenvalue weighted by Crippen LogP contribution is 2.34. The molecule has 178 valence electrons. The molecule has 1 fully saturated rings. The molecule has 1 saturated heterocycles. The van der Waals surface area contributed by atoms with Crippen molar-refractivity contribution in [3.05, 3.63) is 102 Å². The molecule has 6 nitrogen and oxygen atoms in total. The van der Waals surface area contributed by atoms with Crippen molar-refractivity contribution >= 4 is 21.6 Å². The summed E-state index contributed by atoms with van der Waals surface area (Å²) in [6.07, 6.45) is 2.78. The highest BCUT2D eigenvalue weighted by atomic mass is 32.2. The second-order valence-corrected chi connectivity index (χ2v) is 10.6.